The lowest BCUT2D eigenvalue weighted by molar-refractivity contribution is 0.187. The maximum atomic E-state index is 5.94. The van der Waals surface area contributed by atoms with Gasteiger partial charge in [-0.25, -0.2) is 0 Å². The van der Waals surface area contributed by atoms with E-state index in [1.807, 2.05) is 19.1 Å². The molecule has 1 atom stereocenters. The monoisotopic (exact) mass is 180 g/mol. The molecule has 1 aromatic rings. The van der Waals surface area contributed by atoms with Crippen molar-refractivity contribution in [2.24, 2.45) is 5.73 Å². The average Bonchev–Trinajstić information content (AvgIpc) is 2.15. The van der Waals surface area contributed by atoms with Crippen LogP contribution in [0.25, 0.3) is 0 Å². The van der Waals surface area contributed by atoms with E-state index in [4.69, 9.17) is 10.5 Å². The number of aryl methyl sites for hydroxylation is 1. The summed E-state index contributed by atoms with van der Waals surface area (Å²) in [5.41, 5.74) is 8.06. The van der Waals surface area contributed by atoms with Crippen LogP contribution in [0.5, 0.6) is 0 Å². The first-order valence-electron chi connectivity index (χ1n) is 4.41. The Morgan fingerprint density at radius 3 is 3.00 bits per heavy atom. The lowest BCUT2D eigenvalue weighted by atomic mass is 10.1. The van der Waals surface area contributed by atoms with E-state index in [2.05, 4.69) is 4.98 Å². The number of hydrogen-bond acceptors (Lipinski definition) is 3. The SMILES string of the molecule is COCCC(N)c1ncccc1C. The second-order valence-corrected chi connectivity index (χ2v) is 3.09. The zero-order valence-corrected chi connectivity index (χ0v) is 8.16. The van der Waals surface area contributed by atoms with Gasteiger partial charge >= 0.3 is 0 Å². The summed E-state index contributed by atoms with van der Waals surface area (Å²) in [5.74, 6) is 0. The number of ether oxygens (including phenoxy) is 1. The summed E-state index contributed by atoms with van der Waals surface area (Å²) in [6.07, 6.45) is 2.59. The lowest BCUT2D eigenvalue weighted by Gasteiger charge is -2.12. The number of methoxy groups -OCH3 is 1. The van der Waals surface area contributed by atoms with Gasteiger partial charge in [-0.1, -0.05) is 6.07 Å². The Balaban J connectivity index is 2.65. The van der Waals surface area contributed by atoms with E-state index in [1.54, 1.807) is 13.3 Å². The van der Waals surface area contributed by atoms with Gasteiger partial charge in [-0.05, 0) is 25.0 Å². The van der Waals surface area contributed by atoms with Gasteiger partial charge in [0.25, 0.3) is 0 Å². The molecule has 0 aliphatic rings. The standard InChI is InChI=1S/C10H16N2O/c1-8-4-3-6-12-10(8)9(11)5-7-13-2/h3-4,6,9H,5,7,11H2,1-2H3. The highest BCUT2D eigenvalue weighted by atomic mass is 16.5. The van der Waals surface area contributed by atoms with Crippen molar-refractivity contribution >= 4 is 0 Å². The fourth-order valence-corrected chi connectivity index (χ4v) is 1.27. The Hall–Kier alpha value is -0.930. The fourth-order valence-electron chi connectivity index (χ4n) is 1.27. The predicted octanol–water partition coefficient (Wildman–Crippen LogP) is 1.43. The molecular formula is C10H16N2O. The average molecular weight is 180 g/mol. The second kappa shape index (κ2) is 4.94. The highest BCUT2D eigenvalue weighted by molar-refractivity contribution is 5.20. The molecule has 0 aromatic carbocycles. The van der Waals surface area contributed by atoms with Crippen molar-refractivity contribution in [2.45, 2.75) is 19.4 Å². The highest BCUT2D eigenvalue weighted by Crippen LogP contribution is 2.14. The van der Waals surface area contributed by atoms with Gasteiger partial charge in [-0.15, -0.1) is 0 Å². The van der Waals surface area contributed by atoms with Crippen molar-refractivity contribution in [1.29, 1.82) is 0 Å². The van der Waals surface area contributed by atoms with Crippen LogP contribution >= 0.6 is 0 Å². The van der Waals surface area contributed by atoms with Crippen molar-refractivity contribution in [1.82, 2.24) is 4.98 Å². The Morgan fingerprint density at radius 2 is 2.38 bits per heavy atom. The molecule has 13 heavy (non-hydrogen) atoms. The van der Waals surface area contributed by atoms with Crippen LogP contribution in [0.3, 0.4) is 0 Å². The molecule has 0 saturated carbocycles. The van der Waals surface area contributed by atoms with Crippen molar-refractivity contribution < 1.29 is 4.74 Å². The van der Waals surface area contributed by atoms with E-state index in [1.165, 1.54) is 0 Å². The molecule has 1 aromatic heterocycles. The molecule has 0 bridgehead atoms. The largest absolute Gasteiger partial charge is 0.385 e. The third-order valence-corrected chi connectivity index (χ3v) is 2.03. The van der Waals surface area contributed by atoms with E-state index >= 15 is 0 Å². The Morgan fingerprint density at radius 1 is 1.62 bits per heavy atom. The van der Waals surface area contributed by atoms with Crippen LogP contribution in [0, 0.1) is 6.92 Å². The van der Waals surface area contributed by atoms with Gasteiger partial charge in [0.2, 0.25) is 0 Å². The maximum Gasteiger partial charge on any atom is 0.0600 e. The molecule has 2 N–H and O–H groups in total. The summed E-state index contributed by atoms with van der Waals surface area (Å²) in [4.78, 5) is 4.25. The van der Waals surface area contributed by atoms with Crippen LogP contribution in [0.15, 0.2) is 18.3 Å². The topological polar surface area (TPSA) is 48.1 Å². The molecular weight excluding hydrogens is 164 g/mol. The quantitative estimate of drug-likeness (QED) is 0.762. The van der Waals surface area contributed by atoms with Crippen molar-refractivity contribution in [3.8, 4) is 0 Å². The molecule has 0 spiro atoms. The molecule has 1 rings (SSSR count). The van der Waals surface area contributed by atoms with Crippen LogP contribution < -0.4 is 5.73 Å². The first-order valence-corrected chi connectivity index (χ1v) is 4.41. The predicted molar refractivity (Wildman–Crippen MR) is 52.4 cm³/mol. The van der Waals surface area contributed by atoms with E-state index < -0.39 is 0 Å². The zero-order valence-electron chi connectivity index (χ0n) is 8.16. The first kappa shape index (κ1) is 10.2. The van der Waals surface area contributed by atoms with Gasteiger partial charge in [0.05, 0.1) is 5.69 Å². The van der Waals surface area contributed by atoms with Crippen LogP contribution in [-0.4, -0.2) is 18.7 Å². The summed E-state index contributed by atoms with van der Waals surface area (Å²) in [7, 11) is 1.68. The molecule has 3 nitrogen and oxygen atoms in total. The zero-order chi connectivity index (χ0) is 9.68. The highest BCUT2D eigenvalue weighted by Gasteiger charge is 2.08. The van der Waals surface area contributed by atoms with Gasteiger partial charge in [0, 0.05) is 26.0 Å². The van der Waals surface area contributed by atoms with Gasteiger partial charge < -0.3 is 10.5 Å². The summed E-state index contributed by atoms with van der Waals surface area (Å²) in [6.45, 7) is 2.70. The van der Waals surface area contributed by atoms with E-state index in [0.29, 0.717) is 6.61 Å². The molecule has 0 amide bonds. The van der Waals surface area contributed by atoms with Crippen LogP contribution in [-0.2, 0) is 4.74 Å². The van der Waals surface area contributed by atoms with Gasteiger partial charge in [-0.3, -0.25) is 4.98 Å². The summed E-state index contributed by atoms with van der Waals surface area (Å²) < 4.78 is 4.97. The summed E-state index contributed by atoms with van der Waals surface area (Å²) in [6, 6.07) is 3.93. The van der Waals surface area contributed by atoms with Crippen molar-refractivity contribution in [2.75, 3.05) is 13.7 Å². The van der Waals surface area contributed by atoms with Crippen LogP contribution in [0.4, 0.5) is 0 Å². The number of nitrogens with zero attached hydrogens (tertiary/aromatic N) is 1. The van der Waals surface area contributed by atoms with Gasteiger partial charge in [0.1, 0.15) is 0 Å². The Kier molecular flexibility index (Phi) is 3.86. The number of pyridine rings is 1. The normalized spacial score (nSPS) is 12.8. The third-order valence-electron chi connectivity index (χ3n) is 2.03. The van der Waals surface area contributed by atoms with E-state index in [0.717, 1.165) is 17.7 Å². The molecule has 1 unspecified atom stereocenters. The summed E-state index contributed by atoms with van der Waals surface area (Å²) >= 11 is 0. The van der Waals surface area contributed by atoms with Crippen LogP contribution in [0.1, 0.15) is 23.7 Å². The fraction of sp³-hybridized carbons (Fsp3) is 0.500. The van der Waals surface area contributed by atoms with Gasteiger partial charge in [-0.2, -0.15) is 0 Å². The molecule has 0 aliphatic carbocycles. The lowest BCUT2D eigenvalue weighted by Crippen LogP contribution is -2.15. The Labute approximate surface area is 78.9 Å². The molecule has 72 valence electrons. The molecule has 0 saturated heterocycles. The van der Waals surface area contributed by atoms with E-state index in [-0.39, 0.29) is 6.04 Å². The minimum Gasteiger partial charge on any atom is -0.385 e. The molecule has 0 aliphatic heterocycles. The van der Waals surface area contributed by atoms with Crippen molar-refractivity contribution in [3.05, 3.63) is 29.6 Å². The molecule has 3 heteroatoms. The first-order chi connectivity index (χ1) is 6.25. The second-order valence-electron chi connectivity index (χ2n) is 3.09. The van der Waals surface area contributed by atoms with Gasteiger partial charge in [0.15, 0.2) is 0 Å². The molecule has 0 radical (unpaired) electrons. The smallest absolute Gasteiger partial charge is 0.0600 e. The maximum absolute atomic E-state index is 5.94. The molecule has 0 fully saturated rings. The number of aromatic nitrogens is 1. The number of hydrogen-bond donors (Lipinski definition) is 1. The van der Waals surface area contributed by atoms with Crippen molar-refractivity contribution in [3.63, 3.8) is 0 Å². The third kappa shape index (κ3) is 2.79. The number of rotatable bonds is 4. The van der Waals surface area contributed by atoms with E-state index in [9.17, 15) is 0 Å². The Bertz CT molecular complexity index is 263. The number of nitrogens with two attached hydrogens (primary N) is 1. The minimum absolute atomic E-state index is 0.0128. The molecule has 1 heterocycles. The van der Waals surface area contributed by atoms with Crippen LogP contribution in [0.2, 0.25) is 0 Å². The minimum atomic E-state index is -0.0128. The summed E-state index contributed by atoms with van der Waals surface area (Å²) in [5, 5.41) is 0.